The number of hydrogen-bond acceptors (Lipinski definition) is 8. The number of nitrogens with zero attached hydrogens (tertiary/aromatic N) is 3. The molecule has 2 amide bonds. The van der Waals surface area contributed by atoms with E-state index in [1.54, 1.807) is 14.0 Å². The van der Waals surface area contributed by atoms with E-state index >= 15 is 0 Å². The topological polar surface area (TPSA) is 153 Å². The molecule has 5 N–H and O–H groups in total. The minimum absolute atomic E-state index is 0.0588. The Bertz CT molecular complexity index is 1340. The number of nitrogens with one attached hydrogen (secondary N) is 3. The van der Waals surface area contributed by atoms with E-state index in [1.165, 1.54) is 0 Å². The number of amides is 2. The average molecular weight is 596 g/mol. The van der Waals surface area contributed by atoms with E-state index in [-0.39, 0.29) is 49.7 Å². The Morgan fingerprint density at radius 3 is 2.28 bits per heavy atom. The number of likely N-dealkylation sites (N-methyl/N-ethyl adjacent to an activating group) is 1. The molecule has 11 nitrogen and oxygen atoms in total. The van der Waals surface area contributed by atoms with E-state index in [0.29, 0.717) is 18.9 Å². The van der Waals surface area contributed by atoms with Crippen molar-refractivity contribution in [1.29, 1.82) is 0 Å². The van der Waals surface area contributed by atoms with Gasteiger partial charge in [-0.05, 0) is 58.6 Å². The number of nitrogens with two attached hydrogens (primary N) is 1. The number of para-hydroxylation sites is 1. The first-order chi connectivity index (χ1) is 20.8. The maximum Gasteiger partial charge on any atom is 0.222 e. The van der Waals surface area contributed by atoms with Gasteiger partial charge >= 0.3 is 0 Å². The summed E-state index contributed by atoms with van der Waals surface area (Å²) in [4.78, 5) is 45.1. The lowest BCUT2D eigenvalue weighted by Gasteiger charge is -2.12. The summed E-state index contributed by atoms with van der Waals surface area (Å²) in [6.07, 6.45) is 7.71. The SMILES string of the molecule is CCCCc1nc2c(N)nc3ccccc3c2n1CCCCNC(=O)CCOCCC(=O)NCCCCC(NC)C(C)=O. The van der Waals surface area contributed by atoms with Crippen molar-refractivity contribution in [2.75, 3.05) is 39.1 Å². The number of unbranched alkanes of at least 4 members (excludes halogenated alkanes) is 3. The number of anilines is 1. The molecule has 3 rings (SSSR count). The molecule has 0 radical (unpaired) electrons. The van der Waals surface area contributed by atoms with E-state index in [0.717, 1.165) is 85.7 Å². The number of aryl methyl sites for hydroxylation is 2. The van der Waals surface area contributed by atoms with Crippen LogP contribution in [0.25, 0.3) is 21.9 Å². The number of benzene rings is 1. The predicted octanol–water partition coefficient (Wildman–Crippen LogP) is 3.67. The molecule has 0 aliphatic carbocycles. The first-order valence-electron chi connectivity index (χ1n) is 15.7. The number of hydrogen-bond donors (Lipinski definition) is 4. The molecule has 0 saturated heterocycles. The van der Waals surface area contributed by atoms with Crippen LogP contribution in [0.1, 0.15) is 77.5 Å². The minimum Gasteiger partial charge on any atom is -0.382 e. The summed E-state index contributed by atoms with van der Waals surface area (Å²) >= 11 is 0. The van der Waals surface area contributed by atoms with Gasteiger partial charge in [-0.15, -0.1) is 0 Å². The summed E-state index contributed by atoms with van der Waals surface area (Å²) in [6, 6.07) is 7.90. The van der Waals surface area contributed by atoms with Gasteiger partial charge in [0.15, 0.2) is 5.82 Å². The molecule has 2 aromatic heterocycles. The van der Waals surface area contributed by atoms with Gasteiger partial charge in [-0.1, -0.05) is 31.5 Å². The molecule has 2 heterocycles. The van der Waals surface area contributed by atoms with Crippen molar-refractivity contribution in [2.45, 2.75) is 90.6 Å². The zero-order valence-electron chi connectivity index (χ0n) is 26.0. The van der Waals surface area contributed by atoms with Gasteiger partial charge in [-0.2, -0.15) is 0 Å². The molecule has 236 valence electrons. The van der Waals surface area contributed by atoms with Crippen LogP contribution in [0, 0.1) is 0 Å². The zero-order chi connectivity index (χ0) is 31.0. The number of fused-ring (bicyclic) bond motifs is 3. The van der Waals surface area contributed by atoms with Crippen LogP contribution in [-0.2, 0) is 32.1 Å². The maximum absolute atomic E-state index is 12.2. The lowest BCUT2D eigenvalue weighted by Crippen LogP contribution is -2.32. The van der Waals surface area contributed by atoms with Gasteiger partial charge in [0.05, 0.1) is 30.3 Å². The highest BCUT2D eigenvalue weighted by Crippen LogP contribution is 2.29. The quantitative estimate of drug-likeness (QED) is 0.136. The Morgan fingerprint density at radius 1 is 0.953 bits per heavy atom. The van der Waals surface area contributed by atoms with Gasteiger partial charge in [-0.25, -0.2) is 9.97 Å². The third kappa shape index (κ3) is 10.6. The number of Topliss-reactive ketones (excluding diaryl/α,β-unsaturated/α-hetero) is 1. The van der Waals surface area contributed by atoms with Crippen LogP contribution in [0.3, 0.4) is 0 Å². The van der Waals surface area contributed by atoms with E-state index in [4.69, 9.17) is 15.5 Å². The lowest BCUT2D eigenvalue weighted by atomic mass is 10.1. The van der Waals surface area contributed by atoms with E-state index in [9.17, 15) is 14.4 Å². The normalized spacial score (nSPS) is 12.1. The van der Waals surface area contributed by atoms with Crippen LogP contribution in [-0.4, -0.2) is 71.5 Å². The second-order valence-electron chi connectivity index (χ2n) is 11.0. The fraction of sp³-hybridized carbons (Fsp3) is 0.594. The molecule has 43 heavy (non-hydrogen) atoms. The molecule has 0 saturated carbocycles. The molecule has 0 aliphatic rings. The largest absolute Gasteiger partial charge is 0.382 e. The van der Waals surface area contributed by atoms with Crippen molar-refractivity contribution in [3.05, 3.63) is 30.1 Å². The van der Waals surface area contributed by atoms with Gasteiger partial charge in [0.2, 0.25) is 11.8 Å². The predicted molar refractivity (Wildman–Crippen MR) is 171 cm³/mol. The van der Waals surface area contributed by atoms with Gasteiger partial charge in [0.1, 0.15) is 17.1 Å². The number of imidazole rings is 1. The number of nitrogen functional groups attached to an aromatic ring is 1. The molecular weight excluding hydrogens is 546 g/mol. The average Bonchev–Trinajstić information content (AvgIpc) is 3.36. The maximum atomic E-state index is 12.2. The van der Waals surface area contributed by atoms with E-state index in [1.807, 2.05) is 18.2 Å². The summed E-state index contributed by atoms with van der Waals surface area (Å²) in [5.41, 5.74) is 8.96. The molecule has 1 aromatic carbocycles. The van der Waals surface area contributed by atoms with Crippen molar-refractivity contribution >= 4 is 45.4 Å². The Hall–Kier alpha value is -3.57. The summed E-state index contributed by atoms with van der Waals surface area (Å²) in [5, 5.41) is 9.89. The van der Waals surface area contributed by atoms with Crippen LogP contribution in [0.2, 0.25) is 0 Å². The summed E-state index contributed by atoms with van der Waals surface area (Å²) in [7, 11) is 1.78. The number of aromatic nitrogens is 3. The van der Waals surface area contributed by atoms with Gasteiger partial charge < -0.3 is 31.0 Å². The highest BCUT2D eigenvalue weighted by molar-refractivity contribution is 6.06. The Morgan fingerprint density at radius 2 is 1.63 bits per heavy atom. The second-order valence-corrected chi connectivity index (χ2v) is 11.0. The molecule has 3 aromatic rings. The second kappa shape index (κ2) is 18.2. The number of ether oxygens (including phenoxy) is 1. The van der Waals surface area contributed by atoms with Gasteiger partial charge in [0.25, 0.3) is 0 Å². The fourth-order valence-corrected chi connectivity index (χ4v) is 5.15. The molecule has 1 atom stereocenters. The fourth-order valence-electron chi connectivity index (χ4n) is 5.15. The van der Waals surface area contributed by atoms with Crippen LogP contribution in [0.5, 0.6) is 0 Å². The standard InChI is InChI=1S/C32H49N7O4/c1-4-5-15-27-38-30-31(24-12-6-7-14-26(24)37-32(30)33)39(27)20-11-10-19-36-29(42)17-22-43-21-16-28(41)35-18-9-8-13-25(34-3)23(2)40/h6-7,12,14,25,34H,4-5,8-11,13,15-22H2,1-3H3,(H2,33,37)(H,35,41)(H,36,42). The lowest BCUT2D eigenvalue weighted by molar-refractivity contribution is -0.123. The summed E-state index contributed by atoms with van der Waals surface area (Å²) < 4.78 is 7.77. The number of rotatable bonds is 21. The third-order valence-corrected chi connectivity index (χ3v) is 7.60. The molecular formula is C32H49N7O4. The van der Waals surface area contributed by atoms with Crippen molar-refractivity contribution in [1.82, 2.24) is 30.5 Å². The molecule has 0 aliphatic heterocycles. The van der Waals surface area contributed by atoms with Crippen molar-refractivity contribution in [2.24, 2.45) is 0 Å². The summed E-state index contributed by atoms with van der Waals surface area (Å²) in [5.74, 6) is 1.49. The van der Waals surface area contributed by atoms with E-state index < -0.39 is 0 Å². The highest BCUT2D eigenvalue weighted by Gasteiger charge is 2.17. The monoisotopic (exact) mass is 595 g/mol. The van der Waals surface area contributed by atoms with Crippen LogP contribution in [0.4, 0.5) is 5.82 Å². The van der Waals surface area contributed by atoms with Crippen LogP contribution in [0.15, 0.2) is 24.3 Å². The smallest absolute Gasteiger partial charge is 0.222 e. The zero-order valence-corrected chi connectivity index (χ0v) is 26.0. The van der Waals surface area contributed by atoms with Crippen molar-refractivity contribution in [3.63, 3.8) is 0 Å². The van der Waals surface area contributed by atoms with Gasteiger partial charge in [-0.3, -0.25) is 14.4 Å². The number of pyridine rings is 1. The summed E-state index contributed by atoms with van der Waals surface area (Å²) in [6.45, 7) is 6.27. The Labute approximate surface area is 254 Å². The van der Waals surface area contributed by atoms with Crippen LogP contribution < -0.4 is 21.7 Å². The van der Waals surface area contributed by atoms with Gasteiger partial charge in [0, 0.05) is 44.3 Å². The number of ketones is 1. The highest BCUT2D eigenvalue weighted by atomic mass is 16.5. The number of carbonyl (C=O) groups excluding carboxylic acids is 3. The Kier molecular flexibility index (Phi) is 14.3. The van der Waals surface area contributed by atoms with Crippen molar-refractivity contribution < 1.29 is 19.1 Å². The molecule has 0 spiro atoms. The van der Waals surface area contributed by atoms with Crippen LogP contribution >= 0.6 is 0 Å². The molecule has 0 bridgehead atoms. The third-order valence-electron chi connectivity index (χ3n) is 7.60. The number of carbonyl (C=O) groups is 3. The van der Waals surface area contributed by atoms with E-state index in [2.05, 4.69) is 38.5 Å². The van der Waals surface area contributed by atoms with Crippen molar-refractivity contribution in [3.8, 4) is 0 Å². The minimum atomic E-state index is -0.118. The Balaban J connectivity index is 1.31. The molecule has 11 heteroatoms. The first-order valence-corrected chi connectivity index (χ1v) is 15.7. The molecule has 1 unspecified atom stereocenters. The first kappa shape index (κ1) is 33.9. The molecule has 0 fully saturated rings.